The van der Waals surface area contributed by atoms with Crippen LogP contribution in [-0.2, 0) is 4.74 Å². The monoisotopic (exact) mass is 362 g/mol. The van der Waals surface area contributed by atoms with Crippen LogP contribution >= 0.6 is 11.6 Å². The Morgan fingerprint density at radius 1 is 1.12 bits per heavy atom. The van der Waals surface area contributed by atoms with Crippen molar-refractivity contribution in [2.24, 2.45) is 0 Å². The van der Waals surface area contributed by atoms with E-state index in [-0.39, 0.29) is 6.61 Å². The van der Waals surface area contributed by atoms with Crippen LogP contribution in [0.15, 0.2) is 48.5 Å². The van der Waals surface area contributed by atoms with Crippen molar-refractivity contribution in [3.63, 3.8) is 0 Å². The van der Waals surface area contributed by atoms with Gasteiger partial charge >= 0.3 is 12.2 Å². The highest BCUT2D eigenvalue weighted by atomic mass is 35.5. The molecule has 0 heterocycles. The summed E-state index contributed by atoms with van der Waals surface area (Å²) in [6.45, 7) is 4.24. The number of halogens is 1. The smallest absolute Gasteiger partial charge is 0.419 e. The molecule has 0 radical (unpaired) electrons. The fourth-order valence-electron chi connectivity index (χ4n) is 2.14. The van der Waals surface area contributed by atoms with Crippen molar-refractivity contribution in [1.82, 2.24) is 0 Å². The van der Waals surface area contributed by atoms with Crippen LogP contribution < -0.4 is 15.0 Å². The highest BCUT2D eigenvalue weighted by Crippen LogP contribution is 2.22. The number of ether oxygens (including phenoxy) is 2. The molecule has 132 valence electrons. The molecule has 0 aliphatic rings. The van der Waals surface area contributed by atoms with Gasteiger partial charge in [0.15, 0.2) is 0 Å². The molecule has 2 aromatic carbocycles. The van der Waals surface area contributed by atoms with Crippen molar-refractivity contribution in [2.45, 2.75) is 13.8 Å². The van der Waals surface area contributed by atoms with Crippen LogP contribution in [0.1, 0.15) is 13.8 Å². The SMILES string of the molecule is CCOC(=O)Nc1cccc(OC(=O)N(CC)c2cccc(Cl)c2)c1. The van der Waals surface area contributed by atoms with Gasteiger partial charge in [-0.25, -0.2) is 9.59 Å². The number of nitrogens with zero attached hydrogens (tertiary/aromatic N) is 1. The molecule has 2 rings (SSSR count). The molecule has 0 saturated carbocycles. The highest BCUT2D eigenvalue weighted by Gasteiger charge is 2.17. The molecule has 0 saturated heterocycles. The first-order valence-corrected chi connectivity index (χ1v) is 8.20. The van der Waals surface area contributed by atoms with Crippen molar-refractivity contribution < 1.29 is 19.1 Å². The number of rotatable bonds is 5. The van der Waals surface area contributed by atoms with Crippen LogP contribution in [0.25, 0.3) is 0 Å². The largest absolute Gasteiger partial charge is 0.450 e. The lowest BCUT2D eigenvalue weighted by Crippen LogP contribution is -2.33. The summed E-state index contributed by atoms with van der Waals surface area (Å²) >= 11 is 5.97. The number of carbonyl (C=O) groups excluding carboxylic acids is 2. The van der Waals surface area contributed by atoms with Crippen molar-refractivity contribution in [1.29, 1.82) is 0 Å². The van der Waals surface area contributed by atoms with Gasteiger partial charge in [0, 0.05) is 29.0 Å². The van der Waals surface area contributed by atoms with Gasteiger partial charge in [0.25, 0.3) is 0 Å². The number of hydrogen-bond acceptors (Lipinski definition) is 4. The summed E-state index contributed by atoms with van der Waals surface area (Å²) in [5, 5.41) is 3.09. The number of anilines is 2. The predicted molar refractivity (Wildman–Crippen MR) is 97.6 cm³/mol. The lowest BCUT2D eigenvalue weighted by Gasteiger charge is -2.20. The molecule has 7 heteroatoms. The number of carbonyl (C=O) groups is 2. The zero-order chi connectivity index (χ0) is 18.2. The van der Waals surface area contributed by atoms with Crippen molar-refractivity contribution in [3.8, 4) is 5.75 Å². The molecule has 0 unspecified atom stereocenters. The van der Waals surface area contributed by atoms with E-state index in [9.17, 15) is 9.59 Å². The Morgan fingerprint density at radius 2 is 1.88 bits per heavy atom. The Hall–Kier alpha value is -2.73. The highest BCUT2D eigenvalue weighted by molar-refractivity contribution is 6.30. The van der Waals surface area contributed by atoms with Gasteiger partial charge in [0.1, 0.15) is 5.75 Å². The summed E-state index contributed by atoms with van der Waals surface area (Å²) in [4.78, 5) is 25.4. The van der Waals surface area contributed by atoms with Gasteiger partial charge < -0.3 is 9.47 Å². The molecular weight excluding hydrogens is 344 g/mol. The van der Waals surface area contributed by atoms with E-state index in [1.54, 1.807) is 55.5 Å². The van der Waals surface area contributed by atoms with E-state index in [0.717, 1.165) is 0 Å². The number of benzene rings is 2. The van der Waals surface area contributed by atoms with Crippen LogP contribution in [0.4, 0.5) is 21.0 Å². The Labute approximate surface area is 151 Å². The molecule has 6 nitrogen and oxygen atoms in total. The average molecular weight is 363 g/mol. The van der Waals surface area contributed by atoms with Crippen LogP contribution in [0.5, 0.6) is 5.75 Å². The molecule has 0 aliphatic carbocycles. The Morgan fingerprint density at radius 3 is 2.56 bits per heavy atom. The fraction of sp³-hybridized carbons (Fsp3) is 0.222. The van der Waals surface area contributed by atoms with Crippen molar-refractivity contribution in [3.05, 3.63) is 53.6 Å². The summed E-state index contributed by atoms with van der Waals surface area (Å²) in [6.07, 6.45) is -1.11. The Balaban J connectivity index is 2.09. The lowest BCUT2D eigenvalue weighted by atomic mass is 10.3. The third-order valence-electron chi connectivity index (χ3n) is 3.22. The molecule has 1 N–H and O–H groups in total. The van der Waals surface area contributed by atoms with E-state index in [0.29, 0.717) is 28.7 Å². The molecule has 2 aromatic rings. The topological polar surface area (TPSA) is 67.9 Å². The molecule has 0 spiro atoms. The lowest BCUT2D eigenvalue weighted by molar-refractivity contribution is 0.168. The zero-order valence-electron chi connectivity index (χ0n) is 14.0. The van der Waals surface area contributed by atoms with E-state index in [2.05, 4.69) is 5.32 Å². The molecule has 25 heavy (non-hydrogen) atoms. The van der Waals surface area contributed by atoms with E-state index in [4.69, 9.17) is 21.1 Å². The molecule has 0 bridgehead atoms. The minimum atomic E-state index is -0.569. The van der Waals surface area contributed by atoms with Gasteiger partial charge in [-0.05, 0) is 44.2 Å². The summed E-state index contributed by atoms with van der Waals surface area (Å²) in [5.74, 6) is 0.305. The normalized spacial score (nSPS) is 10.0. The first-order valence-electron chi connectivity index (χ1n) is 7.82. The quantitative estimate of drug-likeness (QED) is 0.818. The maximum absolute atomic E-state index is 12.4. The first-order chi connectivity index (χ1) is 12.0. The Kier molecular flexibility index (Phi) is 6.65. The van der Waals surface area contributed by atoms with Gasteiger partial charge in [-0.3, -0.25) is 10.2 Å². The predicted octanol–water partition coefficient (Wildman–Crippen LogP) is 4.93. The van der Waals surface area contributed by atoms with Crippen LogP contribution in [0, 0.1) is 0 Å². The van der Waals surface area contributed by atoms with Crippen LogP contribution in [0.3, 0.4) is 0 Å². The van der Waals surface area contributed by atoms with Crippen LogP contribution in [0.2, 0.25) is 5.02 Å². The average Bonchev–Trinajstić information content (AvgIpc) is 2.56. The molecule has 0 fully saturated rings. The van der Waals surface area contributed by atoms with Gasteiger partial charge in [-0.2, -0.15) is 0 Å². The summed E-state index contributed by atoms with van der Waals surface area (Å²) in [7, 11) is 0. The molecular formula is C18H19ClN2O4. The van der Waals surface area contributed by atoms with E-state index in [1.807, 2.05) is 6.92 Å². The van der Waals surface area contributed by atoms with Gasteiger partial charge in [0.05, 0.1) is 6.61 Å². The second kappa shape index (κ2) is 8.94. The minimum absolute atomic E-state index is 0.269. The van der Waals surface area contributed by atoms with Gasteiger partial charge in [0.2, 0.25) is 0 Å². The number of nitrogens with one attached hydrogen (secondary N) is 1. The summed E-state index contributed by atoms with van der Waals surface area (Å²) in [6, 6.07) is 13.5. The van der Waals surface area contributed by atoms with Crippen molar-refractivity contribution in [2.75, 3.05) is 23.4 Å². The first kappa shape index (κ1) is 18.6. The second-order valence-electron chi connectivity index (χ2n) is 4.97. The summed E-state index contributed by atoms with van der Waals surface area (Å²) < 4.78 is 10.2. The molecule has 0 atom stereocenters. The Bertz CT molecular complexity index is 751. The summed E-state index contributed by atoms with van der Waals surface area (Å²) in [5.41, 5.74) is 1.11. The third-order valence-corrected chi connectivity index (χ3v) is 3.45. The number of amides is 2. The van der Waals surface area contributed by atoms with Gasteiger partial charge in [-0.1, -0.05) is 23.7 Å². The van der Waals surface area contributed by atoms with Gasteiger partial charge in [-0.15, -0.1) is 0 Å². The third kappa shape index (κ3) is 5.39. The maximum Gasteiger partial charge on any atom is 0.419 e. The van der Waals surface area contributed by atoms with Crippen molar-refractivity contribution >= 4 is 35.2 Å². The maximum atomic E-state index is 12.4. The molecule has 0 aromatic heterocycles. The van der Waals surface area contributed by atoms with E-state index >= 15 is 0 Å². The molecule has 2 amide bonds. The van der Waals surface area contributed by atoms with E-state index in [1.165, 1.54) is 4.90 Å². The number of hydrogen-bond donors (Lipinski definition) is 1. The molecule has 0 aliphatic heterocycles. The fourth-order valence-corrected chi connectivity index (χ4v) is 2.32. The van der Waals surface area contributed by atoms with Crippen LogP contribution in [-0.4, -0.2) is 25.3 Å². The zero-order valence-corrected chi connectivity index (χ0v) is 14.7. The second-order valence-corrected chi connectivity index (χ2v) is 5.40. The van der Waals surface area contributed by atoms with E-state index < -0.39 is 12.2 Å². The standard InChI is InChI=1S/C18H19ClN2O4/c1-3-21(15-9-5-7-13(19)11-15)18(23)25-16-10-6-8-14(12-16)20-17(22)24-4-2/h5-12H,3-4H2,1-2H3,(H,20,22). The minimum Gasteiger partial charge on any atom is -0.450 e.